The lowest BCUT2D eigenvalue weighted by atomic mass is 9.76. The van der Waals surface area contributed by atoms with Crippen molar-refractivity contribution in [2.75, 3.05) is 18.9 Å². The number of nitrogen functional groups attached to an aromatic ring is 1. The molecule has 0 unspecified atom stereocenters. The Hall–Kier alpha value is -4.30. The summed E-state index contributed by atoms with van der Waals surface area (Å²) >= 11 is 1.10. The molecule has 0 saturated heterocycles. The predicted octanol–water partition coefficient (Wildman–Crippen LogP) is 3.79. The standard InChI is InChI=1S/C28H23F4N5O4S/c29-16-6-1-13(2-7-16)21-22-17(26(12-41-22,24(33)39)15-4-5-15)10-20(37-21)27(40,28(30,31)32)11-35-23(38)14-3-8-18-19(9-14)42-25(34)36-18/h1-3,6-10,15,40H,4-5,11-12H2,(H2,33,39)(H2,34,36)(H,35,38)/t26-,27+/m1/s1. The number of halogens is 4. The van der Waals surface area contributed by atoms with Crippen LogP contribution in [0.3, 0.4) is 0 Å². The molecule has 42 heavy (non-hydrogen) atoms. The molecule has 1 saturated carbocycles. The second-order valence-corrected chi connectivity index (χ2v) is 11.5. The highest BCUT2D eigenvalue weighted by Gasteiger charge is 2.60. The molecule has 14 heteroatoms. The van der Waals surface area contributed by atoms with E-state index < -0.39 is 47.1 Å². The maximum absolute atomic E-state index is 14.7. The third kappa shape index (κ3) is 4.41. The largest absolute Gasteiger partial charge is 0.489 e. The summed E-state index contributed by atoms with van der Waals surface area (Å²) < 4.78 is 64.1. The van der Waals surface area contributed by atoms with Crippen molar-refractivity contribution in [2.24, 2.45) is 11.7 Å². The number of rotatable bonds is 7. The molecular formula is C28H23F4N5O4S. The predicted molar refractivity (Wildman–Crippen MR) is 145 cm³/mol. The van der Waals surface area contributed by atoms with Gasteiger partial charge in [0.15, 0.2) is 5.13 Å². The number of hydrogen-bond donors (Lipinski definition) is 4. The van der Waals surface area contributed by atoms with Crippen LogP contribution in [0.5, 0.6) is 5.75 Å². The lowest BCUT2D eigenvalue weighted by Crippen LogP contribution is -2.52. The van der Waals surface area contributed by atoms with Gasteiger partial charge in [-0.1, -0.05) is 11.3 Å². The number of carbonyl (C=O) groups excluding carboxylic acids is 2. The van der Waals surface area contributed by atoms with Crippen molar-refractivity contribution in [3.05, 3.63) is 71.2 Å². The van der Waals surface area contributed by atoms with Gasteiger partial charge in [-0.05, 0) is 67.3 Å². The molecule has 6 rings (SSSR count). The second kappa shape index (κ2) is 9.63. The van der Waals surface area contributed by atoms with Crippen LogP contribution in [0.4, 0.5) is 22.7 Å². The van der Waals surface area contributed by atoms with Crippen LogP contribution in [0.2, 0.25) is 0 Å². The lowest BCUT2D eigenvalue weighted by Gasteiger charge is -2.32. The zero-order chi connectivity index (χ0) is 30.0. The molecule has 2 aliphatic rings. The molecule has 4 aromatic rings. The minimum Gasteiger partial charge on any atom is -0.489 e. The summed E-state index contributed by atoms with van der Waals surface area (Å²) in [6.07, 6.45) is -4.12. The van der Waals surface area contributed by atoms with E-state index in [4.69, 9.17) is 16.2 Å². The Morgan fingerprint density at radius 1 is 1.12 bits per heavy atom. The number of amides is 2. The number of primary amides is 1. The van der Waals surface area contributed by atoms with Gasteiger partial charge in [0.2, 0.25) is 11.5 Å². The topological polar surface area (TPSA) is 153 Å². The van der Waals surface area contributed by atoms with Gasteiger partial charge in [-0.3, -0.25) is 9.59 Å². The first kappa shape index (κ1) is 27.8. The van der Waals surface area contributed by atoms with E-state index in [1.807, 2.05) is 0 Å². The van der Waals surface area contributed by atoms with Crippen LogP contribution in [-0.2, 0) is 15.8 Å². The number of thiazole rings is 1. The first-order chi connectivity index (χ1) is 19.8. The van der Waals surface area contributed by atoms with E-state index in [9.17, 15) is 32.3 Å². The molecule has 6 N–H and O–H groups in total. The minimum absolute atomic E-state index is 0.0273. The number of nitrogens with one attached hydrogen (secondary N) is 1. The van der Waals surface area contributed by atoms with Crippen molar-refractivity contribution in [1.29, 1.82) is 0 Å². The van der Waals surface area contributed by atoms with Crippen molar-refractivity contribution in [2.45, 2.75) is 30.0 Å². The molecule has 1 aliphatic heterocycles. The highest BCUT2D eigenvalue weighted by Crippen LogP contribution is 2.56. The fraction of sp³-hybridized carbons (Fsp3) is 0.286. The first-order valence-corrected chi connectivity index (χ1v) is 13.6. The van der Waals surface area contributed by atoms with E-state index >= 15 is 0 Å². The number of aromatic nitrogens is 2. The maximum Gasteiger partial charge on any atom is 0.424 e. The summed E-state index contributed by atoms with van der Waals surface area (Å²) in [5.41, 5.74) is 6.15. The van der Waals surface area contributed by atoms with Gasteiger partial charge in [0.1, 0.15) is 29.3 Å². The normalized spacial score (nSPS) is 19.6. The fourth-order valence-electron chi connectivity index (χ4n) is 5.34. The van der Waals surface area contributed by atoms with Crippen LogP contribution in [-0.4, -0.2) is 46.2 Å². The quantitative estimate of drug-likeness (QED) is 0.235. The molecule has 2 aromatic carbocycles. The van der Waals surface area contributed by atoms with Crippen molar-refractivity contribution in [3.63, 3.8) is 0 Å². The van der Waals surface area contributed by atoms with Crippen LogP contribution in [0.1, 0.15) is 34.5 Å². The third-order valence-corrected chi connectivity index (χ3v) is 8.64. The highest BCUT2D eigenvalue weighted by atomic mass is 32.1. The minimum atomic E-state index is -5.33. The molecule has 218 valence electrons. The van der Waals surface area contributed by atoms with Crippen molar-refractivity contribution >= 4 is 38.5 Å². The number of anilines is 1. The number of pyridine rings is 1. The van der Waals surface area contributed by atoms with E-state index in [1.54, 1.807) is 0 Å². The molecule has 2 aromatic heterocycles. The molecule has 9 nitrogen and oxygen atoms in total. The molecule has 0 spiro atoms. The average molecular weight is 602 g/mol. The van der Waals surface area contributed by atoms with Gasteiger partial charge in [-0.2, -0.15) is 13.2 Å². The van der Waals surface area contributed by atoms with Gasteiger partial charge in [0.05, 0.1) is 22.5 Å². The van der Waals surface area contributed by atoms with Gasteiger partial charge in [0.25, 0.3) is 5.91 Å². The number of nitrogens with two attached hydrogens (primary N) is 2. The molecule has 2 amide bonds. The van der Waals surface area contributed by atoms with E-state index in [0.717, 1.165) is 29.5 Å². The number of alkyl halides is 3. The molecule has 1 fully saturated rings. The number of benzene rings is 2. The van der Waals surface area contributed by atoms with Crippen LogP contribution < -0.4 is 21.5 Å². The second-order valence-electron chi connectivity index (χ2n) is 10.4. The van der Waals surface area contributed by atoms with Gasteiger partial charge in [0, 0.05) is 16.7 Å². The highest BCUT2D eigenvalue weighted by molar-refractivity contribution is 7.22. The number of hydrogen-bond acceptors (Lipinski definition) is 8. The van der Waals surface area contributed by atoms with E-state index in [0.29, 0.717) is 23.1 Å². The van der Waals surface area contributed by atoms with E-state index in [2.05, 4.69) is 15.3 Å². The summed E-state index contributed by atoms with van der Waals surface area (Å²) in [6.45, 7) is -1.52. The fourth-order valence-corrected chi connectivity index (χ4v) is 6.11. The van der Waals surface area contributed by atoms with Crippen molar-refractivity contribution in [3.8, 4) is 17.0 Å². The first-order valence-electron chi connectivity index (χ1n) is 12.8. The molecule has 2 atom stereocenters. The SMILES string of the molecule is NC(=O)[C@@]1(C2CC2)COc2c1cc([C@@](O)(CNC(=O)c1ccc3nc(N)sc3c1)C(F)(F)F)nc2-c1ccc(F)cc1. The molecule has 0 radical (unpaired) electrons. The average Bonchev–Trinajstić information content (AvgIpc) is 3.61. The van der Waals surface area contributed by atoms with Crippen LogP contribution >= 0.6 is 11.3 Å². The number of nitrogens with zero attached hydrogens (tertiary/aromatic N) is 2. The monoisotopic (exact) mass is 601 g/mol. The lowest BCUT2D eigenvalue weighted by molar-refractivity contribution is -0.265. The Bertz CT molecular complexity index is 1740. The zero-order valence-electron chi connectivity index (χ0n) is 21.7. The van der Waals surface area contributed by atoms with Gasteiger partial charge in [-0.25, -0.2) is 14.4 Å². The van der Waals surface area contributed by atoms with Crippen LogP contribution in [0.15, 0.2) is 48.5 Å². The van der Waals surface area contributed by atoms with E-state index in [1.165, 1.54) is 30.3 Å². The summed E-state index contributed by atoms with van der Waals surface area (Å²) in [4.78, 5) is 33.9. The number of fused-ring (bicyclic) bond motifs is 2. The third-order valence-electron chi connectivity index (χ3n) is 7.79. The number of aliphatic hydroxyl groups is 1. The Kier molecular flexibility index (Phi) is 6.38. The Morgan fingerprint density at radius 2 is 1.83 bits per heavy atom. The summed E-state index contributed by atoms with van der Waals surface area (Å²) in [7, 11) is 0. The van der Waals surface area contributed by atoms with Gasteiger partial charge in [-0.15, -0.1) is 0 Å². The zero-order valence-corrected chi connectivity index (χ0v) is 22.5. The summed E-state index contributed by atoms with van der Waals surface area (Å²) in [6, 6.07) is 10.1. The Morgan fingerprint density at radius 3 is 2.48 bits per heavy atom. The van der Waals surface area contributed by atoms with Crippen molar-refractivity contribution in [1.82, 2.24) is 15.3 Å². The molecule has 0 bridgehead atoms. The summed E-state index contributed by atoms with van der Waals surface area (Å²) in [5.74, 6) is -2.51. The maximum atomic E-state index is 14.7. The Balaban J connectivity index is 1.44. The van der Waals surface area contributed by atoms with Gasteiger partial charge < -0.3 is 26.6 Å². The molecule has 3 heterocycles. The number of carbonyl (C=O) groups is 2. The van der Waals surface area contributed by atoms with E-state index in [-0.39, 0.29) is 45.8 Å². The van der Waals surface area contributed by atoms with Crippen LogP contribution in [0.25, 0.3) is 21.5 Å². The van der Waals surface area contributed by atoms with Crippen LogP contribution in [0, 0.1) is 11.7 Å². The van der Waals surface area contributed by atoms with Crippen molar-refractivity contribution < 1.29 is 37.0 Å². The smallest absolute Gasteiger partial charge is 0.424 e. The molecule has 1 aliphatic carbocycles. The Labute approximate surface area is 239 Å². The number of ether oxygens (including phenoxy) is 1. The van der Waals surface area contributed by atoms with Gasteiger partial charge >= 0.3 is 6.18 Å². The molecular weight excluding hydrogens is 578 g/mol. The summed E-state index contributed by atoms with van der Waals surface area (Å²) in [5, 5.41) is 13.7.